The predicted octanol–water partition coefficient (Wildman–Crippen LogP) is 1.64. The number of ether oxygens (including phenoxy) is 1. The van der Waals surface area contributed by atoms with Gasteiger partial charge in [0, 0.05) is 38.6 Å². The maximum atomic E-state index is 11.6. The molecule has 0 aromatic rings. The van der Waals surface area contributed by atoms with Crippen molar-refractivity contribution >= 4 is 5.78 Å². The maximum Gasteiger partial charge on any atom is 0.136 e. The van der Waals surface area contributed by atoms with Crippen LogP contribution in [0.1, 0.15) is 33.1 Å². The first-order valence-electron chi connectivity index (χ1n) is 8.10. The van der Waals surface area contributed by atoms with Crippen LogP contribution in [0.5, 0.6) is 0 Å². The lowest BCUT2D eigenvalue weighted by molar-refractivity contribution is -0.122. The number of nitrogens with zero attached hydrogens (tertiary/aromatic N) is 2. The molecular weight excluding hydrogens is 252 g/mol. The number of piperidine rings is 1. The van der Waals surface area contributed by atoms with E-state index < -0.39 is 0 Å². The van der Waals surface area contributed by atoms with Crippen molar-refractivity contribution in [3.63, 3.8) is 0 Å². The van der Waals surface area contributed by atoms with E-state index in [-0.39, 0.29) is 5.92 Å². The molecule has 0 spiro atoms. The minimum atomic E-state index is 0.182. The Morgan fingerprint density at radius 1 is 1.25 bits per heavy atom. The molecule has 2 aliphatic heterocycles. The lowest BCUT2D eigenvalue weighted by Gasteiger charge is -2.38. The molecule has 0 bridgehead atoms. The molecule has 2 fully saturated rings. The van der Waals surface area contributed by atoms with Gasteiger partial charge in [-0.15, -0.1) is 0 Å². The number of hydrogen-bond acceptors (Lipinski definition) is 4. The van der Waals surface area contributed by atoms with Gasteiger partial charge in [-0.3, -0.25) is 4.79 Å². The summed E-state index contributed by atoms with van der Waals surface area (Å²) in [5, 5.41) is 0. The molecule has 0 aromatic heterocycles. The highest BCUT2D eigenvalue weighted by molar-refractivity contribution is 5.80. The highest BCUT2D eigenvalue weighted by Crippen LogP contribution is 2.20. The van der Waals surface area contributed by atoms with Crippen LogP contribution in [0.2, 0.25) is 0 Å². The number of carbonyl (C=O) groups excluding carboxylic acids is 1. The fourth-order valence-electron chi connectivity index (χ4n) is 2.95. The average Bonchev–Trinajstić information content (AvgIpc) is 2.40. The van der Waals surface area contributed by atoms with E-state index in [1.165, 1.54) is 12.8 Å². The highest BCUT2D eigenvalue weighted by Gasteiger charge is 2.26. The van der Waals surface area contributed by atoms with E-state index in [2.05, 4.69) is 16.8 Å². The van der Waals surface area contributed by atoms with Crippen molar-refractivity contribution in [1.82, 2.24) is 9.80 Å². The molecule has 4 heteroatoms. The summed E-state index contributed by atoms with van der Waals surface area (Å²) in [5.41, 5.74) is 0. The molecule has 0 unspecified atom stereocenters. The summed E-state index contributed by atoms with van der Waals surface area (Å²) >= 11 is 0. The van der Waals surface area contributed by atoms with Crippen molar-refractivity contribution in [2.24, 2.45) is 11.8 Å². The molecule has 0 saturated carbocycles. The van der Waals surface area contributed by atoms with Crippen molar-refractivity contribution in [2.45, 2.75) is 39.2 Å². The zero-order valence-electron chi connectivity index (χ0n) is 13.3. The van der Waals surface area contributed by atoms with E-state index >= 15 is 0 Å². The van der Waals surface area contributed by atoms with Gasteiger partial charge in [0.05, 0.1) is 6.10 Å². The SMILES string of the molecule is CC(C)C(=O)CCN1CCC(COC2CN(C)C2)CC1. The van der Waals surface area contributed by atoms with Gasteiger partial charge in [0.2, 0.25) is 0 Å². The predicted molar refractivity (Wildman–Crippen MR) is 80.9 cm³/mol. The molecule has 2 heterocycles. The van der Waals surface area contributed by atoms with Gasteiger partial charge in [0.15, 0.2) is 0 Å². The minimum Gasteiger partial charge on any atom is -0.375 e. The summed E-state index contributed by atoms with van der Waals surface area (Å²) in [6.07, 6.45) is 3.63. The van der Waals surface area contributed by atoms with E-state index in [4.69, 9.17) is 4.74 Å². The fourth-order valence-corrected chi connectivity index (χ4v) is 2.95. The standard InChI is InChI=1S/C16H30N2O2/c1-13(2)16(19)6-9-18-7-4-14(5-8-18)12-20-15-10-17(3)11-15/h13-15H,4-12H2,1-3H3. The van der Waals surface area contributed by atoms with E-state index in [1.54, 1.807) is 0 Å². The number of rotatable bonds is 7. The first-order valence-corrected chi connectivity index (χ1v) is 8.10. The summed E-state index contributed by atoms with van der Waals surface area (Å²) in [7, 11) is 2.14. The van der Waals surface area contributed by atoms with Crippen molar-refractivity contribution in [1.29, 1.82) is 0 Å². The quantitative estimate of drug-likeness (QED) is 0.711. The molecule has 2 rings (SSSR count). The zero-order valence-corrected chi connectivity index (χ0v) is 13.3. The van der Waals surface area contributed by atoms with Gasteiger partial charge in [-0.05, 0) is 38.9 Å². The monoisotopic (exact) mass is 282 g/mol. The smallest absolute Gasteiger partial charge is 0.136 e. The number of Topliss-reactive ketones (excluding diaryl/α,β-unsaturated/α-hetero) is 1. The molecule has 0 atom stereocenters. The molecule has 0 N–H and O–H groups in total. The summed E-state index contributed by atoms with van der Waals surface area (Å²) in [5.74, 6) is 1.30. The Morgan fingerprint density at radius 2 is 1.90 bits per heavy atom. The fraction of sp³-hybridized carbons (Fsp3) is 0.938. The second kappa shape index (κ2) is 7.53. The van der Waals surface area contributed by atoms with Crippen LogP contribution in [-0.2, 0) is 9.53 Å². The summed E-state index contributed by atoms with van der Waals surface area (Å²) < 4.78 is 5.94. The summed E-state index contributed by atoms with van der Waals surface area (Å²) in [6, 6.07) is 0. The second-order valence-electron chi connectivity index (χ2n) is 6.83. The van der Waals surface area contributed by atoms with E-state index in [0.29, 0.717) is 18.3 Å². The Hall–Kier alpha value is -0.450. The third-order valence-corrected chi connectivity index (χ3v) is 4.62. The van der Waals surface area contributed by atoms with Crippen molar-refractivity contribution in [3.05, 3.63) is 0 Å². The van der Waals surface area contributed by atoms with Gasteiger partial charge >= 0.3 is 0 Å². The topological polar surface area (TPSA) is 32.8 Å². The van der Waals surface area contributed by atoms with Crippen LogP contribution >= 0.6 is 0 Å². The summed E-state index contributed by atoms with van der Waals surface area (Å²) in [4.78, 5) is 16.4. The number of ketones is 1. The first-order chi connectivity index (χ1) is 9.54. The lowest BCUT2D eigenvalue weighted by Crippen LogP contribution is -2.50. The Kier molecular flexibility index (Phi) is 6.00. The first kappa shape index (κ1) is 15.9. The van der Waals surface area contributed by atoms with Crippen molar-refractivity contribution < 1.29 is 9.53 Å². The van der Waals surface area contributed by atoms with Gasteiger partial charge in [-0.2, -0.15) is 0 Å². The minimum absolute atomic E-state index is 0.182. The van der Waals surface area contributed by atoms with E-state index in [1.807, 2.05) is 13.8 Å². The van der Waals surface area contributed by atoms with Crippen molar-refractivity contribution in [3.8, 4) is 0 Å². The normalized spacial score (nSPS) is 23.2. The van der Waals surface area contributed by atoms with E-state index in [9.17, 15) is 4.79 Å². The van der Waals surface area contributed by atoms with Crippen molar-refractivity contribution in [2.75, 3.05) is 46.4 Å². The van der Waals surface area contributed by atoms with Gasteiger partial charge in [0.1, 0.15) is 5.78 Å². The average molecular weight is 282 g/mol. The van der Waals surface area contributed by atoms with Crippen LogP contribution in [0.4, 0.5) is 0 Å². The number of carbonyl (C=O) groups is 1. The number of likely N-dealkylation sites (tertiary alicyclic amines) is 2. The molecule has 0 aliphatic carbocycles. The highest BCUT2D eigenvalue weighted by atomic mass is 16.5. The van der Waals surface area contributed by atoms with Crippen LogP contribution in [0.3, 0.4) is 0 Å². The molecule has 0 amide bonds. The molecule has 116 valence electrons. The largest absolute Gasteiger partial charge is 0.375 e. The molecule has 4 nitrogen and oxygen atoms in total. The number of hydrogen-bond donors (Lipinski definition) is 0. The molecule has 2 aliphatic rings. The Bertz CT molecular complexity index is 306. The van der Waals surface area contributed by atoms with Crippen LogP contribution in [-0.4, -0.2) is 68.1 Å². The van der Waals surface area contributed by atoms with Gasteiger partial charge in [-0.25, -0.2) is 0 Å². The molecule has 20 heavy (non-hydrogen) atoms. The van der Waals surface area contributed by atoms with Crippen LogP contribution in [0.25, 0.3) is 0 Å². The van der Waals surface area contributed by atoms with Crippen LogP contribution in [0.15, 0.2) is 0 Å². The number of likely N-dealkylation sites (N-methyl/N-ethyl adjacent to an activating group) is 1. The summed E-state index contributed by atoms with van der Waals surface area (Å²) in [6.45, 7) is 10.3. The Labute approximate surface area is 123 Å². The van der Waals surface area contributed by atoms with Crippen LogP contribution in [0, 0.1) is 11.8 Å². The Balaban J connectivity index is 1.54. The van der Waals surface area contributed by atoms with Gasteiger partial charge in [0.25, 0.3) is 0 Å². The zero-order chi connectivity index (χ0) is 14.5. The van der Waals surface area contributed by atoms with E-state index in [0.717, 1.165) is 45.2 Å². The lowest BCUT2D eigenvalue weighted by atomic mass is 9.97. The third kappa shape index (κ3) is 4.83. The van der Waals surface area contributed by atoms with Gasteiger partial charge in [-0.1, -0.05) is 13.8 Å². The maximum absolute atomic E-state index is 11.6. The molecule has 0 aromatic carbocycles. The third-order valence-electron chi connectivity index (χ3n) is 4.62. The van der Waals surface area contributed by atoms with Gasteiger partial charge < -0.3 is 14.5 Å². The Morgan fingerprint density at radius 3 is 2.45 bits per heavy atom. The molecule has 0 radical (unpaired) electrons. The molecular formula is C16H30N2O2. The van der Waals surface area contributed by atoms with Crippen LogP contribution < -0.4 is 0 Å². The second-order valence-corrected chi connectivity index (χ2v) is 6.83. The molecule has 2 saturated heterocycles.